The van der Waals surface area contributed by atoms with Gasteiger partial charge in [-0.05, 0) is 36.6 Å². The number of carbonyl (C=O) groups is 2. The molecule has 3 aromatic rings. The summed E-state index contributed by atoms with van der Waals surface area (Å²) in [4.78, 5) is 28.5. The maximum atomic E-state index is 13.5. The molecule has 152 valence electrons. The highest BCUT2D eigenvalue weighted by molar-refractivity contribution is 6.30. The summed E-state index contributed by atoms with van der Waals surface area (Å²) in [7, 11) is 0. The monoisotopic (exact) mass is 417 g/mol. The third-order valence-electron chi connectivity index (χ3n) is 5.74. The summed E-state index contributed by atoms with van der Waals surface area (Å²) in [6.07, 6.45) is 3.07. The second-order valence-corrected chi connectivity index (χ2v) is 8.17. The standard InChI is InChI=1S/C26H24ClNO2/c27-22-15-13-19(14-16-22)21-10-6-7-17-28(18-21)26(30)24-12-5-4-11-23(24)25(29)20-8-2-1-3-9-20/h1-5,8-9,11-16,21H,6-7,10,17-18H2. The van der Waals surface area contributed by atoms with E-state index >= 15 is 0 Å². The molecule has 1 aliphatic heterocycles. The van der Waals surface area contributed by atoms with E-state index in [0.29, 0.717) is 34.8 Å². The molecular formula is C26H24ClNO2. The summed E-state index contributed by atoms with van der Waals surface area (Å²) in [6.45, 7) is 1.35. The van der Waals surface area contributed by atoms with Crippen LogP contribution >= 0.6 is 11.6 Å². The second-order valence-electron chi connectivity index (χ2n) is 7.74. The van der Waals surface area contributed by atoms with Gasteiger partial charge < -0.3 is 4.90 Å². The van der Waals surface area contributed by atoms with E-state index in [9.17, 15) is 9.59 Å². The van der Waals surface area contributed by atoms with Crippen molar-refractivity contribution in [3.8, 4) is 0 Å². The van der Waals surface area contributed by atoms with E-state index in [2.05, 4.69) is 0 Å². The molecule has 0 radical (unpaired) electrons. The number of hydrogen-bond donors (Lipinski definition) is 0. The van der Waals surface area contributed by atoms with Gasteiger partial charge in [0.15, 0.2) is 5.78 Å². The van der Waals surface area contributed by atoms with E-state index in [0.717, 1.165) is 19.3 Å². The molecule has 1 saturated heterocycles. The maximum Gasteiger partial charge on any atom is 0.254 e. The lowest BCUT2D eigenvalue weighted by atomic mass is 9.94. The Bertz CT molecular complexity index is 1030. The van der Waals surface area contributed by atoms with Gasteiger partial charge in [0.25, 0.3) is 5.91 Å². The molecule has 1 atom stereocenters. The Kier molecular flexibility index (Phi) is 6.29. The van der Waals surface area contributed by atoms with Crippen LogP contribution < -0.4 is 0 Å². The van der Waals surface area contributed by atoms with Gasteiger partial charge in [0.1, 0.15) is 0 Å². The van der Waals surface area contributed by atoms with E-state index < -0.39 is 0 Å². The van der Waals surface area contributed by atoms with E-state index in [1.165, 1.54) is 5.56 Å². The summed E-state index contributed by atoms with van der Waals surface area (Å²) in [5.74, 6) is 0.0741. The number of nitrogens with zero attached hydrogens (tertiary/aromatic N) is 1. The maximum absolute atomic E-state index is 13.5. The summed E-state index contributed by atoms with van der Waals surface area (Å²) in [5.41, 5.74) is 2.73. The first-order valence-corrected chi connectivity index (χ1v) is 10.7. The van der Waals surface area contributed by atoms with Crippen molar-refractivity contribution in [2.75, 3.05) is 13.1 Å². The van der Waals surface area contributed by atoms with Crippen molar-refractivity contribution in [1.29, 1.82) is 0 Å². The van der Waals surface area contributed by atoms with Crippen molar-refractivity contribution in [3.63, 3.8) is 0 Å². The van der Waals surface area contributed by atoms with Crippen molar-refractivity contribution < 1.29 is 9.59 Å². The smallest absolute Gasteiger partial charge is 0.254 e. The first-order valence-electron chi connectivity index (χ1n) is 10.4. The van der Waals surface area contributed by atoms with Crippen LogP contribution in [0.4, 0.5) is 0 Å². The van der Waals surface area contributed by atoms with Crippen molar-refractivity contribution >= 4 is 23.3 Å². The molecule has 0 aromatic heterocycles. The molecule has 4 rings (SSSR count). The summed E-state index contributed by atoms with van der Waals surface area (Å²) in [6, 6.07) is 24.2. The molecule has 3 nitrogen and oxygen atoms in total. The molecule has 3 aromatic carbocycles. The van der Waals surface area contributed by atoms with Gasteiger partial charge >= 0.3 is 0 Å². The minimum atomic E-state index is -0.122. The van der Waals surface area contributed by atoms with E-state index in [4.69, 9.17) is 11.6 Å². The fraction of sp³-hybridized carbons (Fsp3) is 0.231. The number of rotatable bonds is 4. The number of halogens is 1. The molecule has 0 N–H and O–H groups in total. The highest BCUT2D eigenvalue weighted by Crippen LogP contribution is 2.29. The second kappa shape index (κ2) is 9.27. The van der Waals surface area contributed by atoms with E-state index in [1.807, 2.05) is 59.5 Å². The van der Waals surface area contributed by atoms with Crippen LogP contribution in [-0.4, -0.2) is 29.7 Å². The van der Waals surface area contributed by atoms with Crippen LogP contribution in [0.25, 0.3) is 0 Å². The first kappa shape index (κ1) is 20.4. The molecule has 1 aliphatic rings. The van der Waals surface area contributed by atoms with Gasteiger partial charge in [-0.3, -0.25) is 9.59 Å². The van der Waals surface area contributed by atoms with Crippen LogP contribution in [0.5, 0.6) is 0 Å². The fourth-order valence-corrected chi connectivity index (χ4v) is 4.24. The normalized spacial score (nSPS) is 16.7. The SMILES string of the molecule is O=C(c1ccccc1)c1ccccc1C(=O)N1CCCCC(c2ccc(Cl)cc2)C1. The lowest BCUT2D eigenvalue weighted by Crippen LogP contribution is -2.35. The molecular weight excluding hydrogens is 394 g/mol. The molecule has 0 spiro atoms. The third-order valence-corrected chi connectivity index (χ3v) is 5.99. The number of benzene rings is 3. The molecule has 0 bridgehead atoms. The number of hydrogen-bond acceptors (Lipinski definition) is 2. The van der Waals surface area contributed by atoms with Crippen molar-refractivity contribution in [1.82, 2.24) is 4.90 Å². The highest BCUT2D eigenvalue weighted by Gasteiger charge is 2.26. The van der Waals surface area contributed by atoms with Crippen LogP contribution in [0.15, 0.2) is 78.9 Å². The van der Waals surface area contributed by atoms with Gasteiger partial charge in [0.2, 0.25) is 0 Å². The number of likely N-dealkylation sites (tertiary alicyclic amines) is 1. The molecule has 1 heterocycles. The predicted molar refractivity (Wildman–Crippen MR) is 120 cm³/mol. The molecule has 1 fully saturated rings. The van der Waals surface area contributed by atoms with Crippen LogP contribution in [-0.2, 0) is 0 Å². The van der Waals surface area contributed by atoms with Crippen LogP contribution in [0.1, 0.15) is 57.0 Å². The van der Waals surface area contributed by atoms with Crippen molar-refractivity contribution in [2.24, 2.45) is 0 Å². The lowest BCUT2D eigenvalue weighted by molar-refractivity contribution is 0.0750. The zero-order chi connectivity index (χ0) is 20.9. The Morgan fingerprint density at radius 1 is 0.800 bits per heavy atom. The molecule has 0 saturated carbocycles. The zero-order valence-corrected chi connectivity index (χ0v) is 17.5. The Morgan fingerprint density at radius 3 is 2.20 bits per heavy atom. The van der Waals surface area contributed by atoms with Gasteiger partial charge in [-0.25, -0.2) is 0 Å². The largest absolute Gasteiger partial charge is 0.338 e. The van der Waals surface area contributed by atoms with Crippen molar-refractivity contribution in [2.45, 2.75) is 25.2 Å². The minimum absolute atomic E-state index is 0.0734. The molecule has 4 heteroatoms. The van der Waals surface area contributed by atoms with Gasteiger partial charge in [-0.1, -0.05) is 78.7 Å². The fourth-order valence-electron chi connectivity index (χ4n) is 4.12. The Hall–Kier alpha value is -2.91. The number of carbonyl (C=O) groups excluding carboxylic acids is 2. The Balaban J connectivity index is 1.61. The van der Waals surface area contributed by atoms with Crippen LogP contribution in [0, 0.1) is 0 Å². The number of ketones is 1. The molecule has 1 unspecified atom stereocenters. The lowest BCUT2D eigenvalue weighted by Gasteiger charge is -2.26. The summed E-state index contributed by atoms with van der Waals surface area (Å²) >= 11 is 6.04. The van der Waals surface area contributed by atoms with Crippen LogP contribution in [0.3, 0.4) is 0 Å². The van der Waals surface area contributed by atoms with Gasteiger partial charge in [0, 0.05) is 35.2 Å². The van der Waals surface area contributed by atoms with Crippen molar-refractivity contribution in [3.05, 3.63) is 106 Å². The van der Waals surface area contributed by atoms with Gasteiger partial charge in [0.05, 0.1) is 5.56 Å². The molecule has 30 heavy (non-hydrogen) atoms. The van der Waals surface area contributed by atoms with Crippen LogP contribution in [0.2, 0.25) is 5.02 Å². The topological polar surface area (TPSA) is 37.4 Å². The number of amides is 1. The third kappa shape index (κ3) is 4.47. The Labute approximate surface area is 182 Å². The van der Waals surface area contributed by atoms with E-state index in [-0.39, 0.29) is 17.6 Å². The quantitative estimate of drug-likeness (QED) is 0.489. The first-order chi connectivity index (χ1) is 14.6. The average molecular weight is 418 g/mol. The van der Waals surface area contributed by atoms with Gasteiger partial charge in [-0.15, -0.1) is 0 Å². The Morgan fingerprint density at radius 2 is 1.47 bits per heavy atom. The zero-order valence-electron chi connectivity index (χ0n) is 16.8. The molecule has 0 aliphatic carbocycles. The highest BCUT2D eigenvalue weighted by atomic mass is 35.5. The van der Waals surface area contributed by atoms with Gasteiger partial charge in [-0.2, -0.15) is 0 Å². The van der Waals surface area contributed by atoms with E-state index in [1.54, 1.807) is 24.3 Å². The predicted octanol–water partition coefficient (Wildman–Crippen LogP) is 5.98. The molecule has 1 amide bonds. The summed E-state index contributed by atoms with van der Waals surface area (Å²) < 4.78 is 0. The average Bonchev–Trinajstić information content (AvgIpc) is 3.06. The summed E-state index contributed by atoms with van der Waals surface area (Å²) in [5, 5.41) is 0.716. The minimum Gasteiger partial charge on any atom is -0.338 e.